The maximum atomic E-state index is 9.30. The van der Waals surface area contributed by atoms with Crippen LogP contribution in [0.25, 0.3) is 12.2 Å². The Kier molecular flexibility index (Phi) is 5.86. The Labute approximate surface area is 140 Å². The average Bonchev–Trinajstić information content (AvgIpc) is 2.55. The van der Waals surface area contributed by atoms with Crippen molar-refractivity contribution in [1.29, 1.82) is 0 Å². The van der Waals surface area contributed by atoms with E-state index in [1.54, 1.807) is 66.7 Å². The van der Waals surface area contributed by atoms with Crippen molar-refractivity contribution < 1.29 is 20.4 Å². The molecule has 0 radical (unpaired) electrons. The van der Waals surface area contributed by atoms with Crippen LogP contribution in [0.5, 0.6) is 23.0 Å². The lowest BCUT2D eigenvalue weighted by atomic mass is 10.1. The van der Waals surface area contributed by atoms with Gasteiger partial charge in [-0.1, -0.05) is 42.5 Å². The molecule has 24 heavy (non-hydrogen) atoms. The van der Waals surface area contributed by atoms with Crippen molar-refractivity contribution in [3.63, 3.8) is 0 Å². The van der Waals surface area contributed by atoms with Gasteiger partial charge in [-0.15, -0.1) is 0 Å². The van der Waals surface area contributed by atoms with Crippen LogP contribution in [0, 0.1) is 0 Å². The second-order valence-electron chi connectivity index (χ2n) is 5.04. The van der Waals surface area contributed by atoms with E-state index < -0.39 is 0 Å². The minimum Gasteiger partial charge on any atom is -0.508 e. The number of rotatable bonds is 2. The predicted molar refractivity (Wildman–Crippen MR) is 94.9 cm³/mol. The van der Waals surface area contributed by atoms with E-state index in [2.05, 4.69) is 0 Å². The number of benzene rings is 3. The molecular formula is C20H18O4. The Balaban J connectivity index is 0.000000249. The summed E-state index contributed by atoms with van der Waals surface area (Å²) in [6, 6.07) is 19.8. The number of phenolic OH excluding ortho intramolecular Hbond substituents is 4. The molecule has 0 aliphatic carbocycles. The van der Waals surface area contributed by atoms with E-state index in [9.17, 15) is 10.2 Å². The van der Waals surface area contributed by atoms with Gasteiger partial charge in [0.05, 0.1) is 0 Å². The number of hydrogen-bond acceptors (Lipinski definition) is 4. The lowest BCUT2D eigenvalue weighted by molar-refractivity contribution is 0.450. The fourth-order valence-corrected chi connectivity index (χ4v) is 1.92. The van der Waals surface area contributed by atoms with Crippen LogP contribution in [0.1, 0.15) is 11.1 Å². The van der Waals surface area contributed by atoms with E-state index in [0.29, 0.717) is 11.3 Å². The zero-order valence-electron chi connectivity index (χ0n) is 12.9. The van der Waals surface area contributed by atoms with Crippen molar-refractivity contribution in [2.75, 3.05) is 0 Å². The van der Waals surface area contributed by atoms with E-state index in [-0.39, 0.29) is 17.2 Å². The molecule has 0 aliphatic rings. The van der Waals surface area contributed by atoms with Gasteiger partial charge >= 0.3 is 0 Å². The van der Waals surface area contributed by atoms with Crippen molar-refractivity contribution in [2.24, 2.45) is 0 Å². The Morgan fingerprint density at radius 1 is 0.458 bits per heavy atom. The summed E-state index contributed by atoms with van der Waals surface area (Å²) in [7, 11) is 0. The monoisotopic (exact) mass is 322 g/mol. The topological polar surface area (TPSA) is 80.9 Å². The maximum absolute atomic E-state index is 9.30. The van der Waals surface area contributed by atoms with Gasteiger partial charge in [0.1, 0.15) is 23.0 Å². The molecule has 4 nitrogen and oxygen atoms in total. The summed E-state index contributed by atoms with van der Waals surface area (Å²) < 4.78 is 0. The lowest BCUT2D eigenvalue weighted by Crippen LogP contribution is -1.74. The van der Waals surface area contributed by atoms with Gasteiger partial charge in [-0.3, -0.25) is 0 Å². The molecule has 0 fully saturated rings. The highest BCUT2D eigenvalue weighted by Gasteiger charge is 1.95. The third-order valence-electron chi connectivity index (χ3n) is 3.04. The lowest BCUT2D eigenvalue weighted by Gasteiger charge is -1.98. The average molecular weight is 322 g/mol. The fourth-order valence-electron chi connectivity index (χ4n) is 1.92. The van der Waals surface area contributed by atoms with E-state index >= 15 is 0 Å². The van der Waals surface area contributed by atoms with Crippen LogP contribution >= 0.6 is 0 Å². The highest BCUT2D eigenvalue weighted by Crippen LogP contribution is 2.22. The molecule has 0 saturated heterocycles. The van der Waals surface area contributed by atoms with E-state index in [4.69, 9.17) is 10.2 Å². The summed E-state index contributed by atoms with van der Waals surface area (Å²) in [5.41, 5.74) is 1.63. The zero-order valence-corrected chi connectivity index (χ0v) is 12.9. The first-order valence-corrected chi connectivity index (χ1v) is 7.27. The standard InChI is InChI=1S/C14H12O3.C6H6O/c15-12-5-3-10(4-6-12)1-2-11-7-13(16)9-14(17)8-11;7-6-4-2-1-3-5-6/h1-9,15-17H;1-5,7H. The molecular weight excluding hydrogens is 304 g/mol. The van der Waals surface area contributed by atoms with Crippen molar-refractivity contribution in [3.8, 4) is 23.0 Å². The summed E-state index contributed by atoms with van der Waals surface area (Å²) >= 11 is 0. The van der Waals surface area contributed by atoms with Gasteiger partial charge in [0, 0.05) is 6.07 Å². The minimum absolute atomic E-state index is 0.0235. The predicted octanol–water partition coefficient (Wildman–Crippen LogP) is 4.37. The van der Waals surface area contributed by atoms with Crippen LogP contribution in [0.2, 0.25) is 0 Å². The molecule has 0 bridgehead atoms. The van der Waals surface area contributed by atoms with Gasteiger partial charge < -0.3 is 20.4 Å². The first kappa shape index (κ1) is 17.0. The molecule has 0 amide bonds. The largest absolute Gasteiger partial charge is 0.508 e. The van der Waals surface area contributed by atoms with E-state index in [1.807, 2.05) is 12.1 Å². The van der Waals surface area contributed by atoms with Crippen LogP contribution in [-0.2, 0) is 0 Å². The van der Waals surface area contributed by atoms with Crippen LogP contribution < -0.4 is 0 Å². The zero-order chi connectivity index (χ0) is 17.4. The Bertz CT molecular complexity index is 773. The summed E-state index contributed by atoms with van der Waals surface area (Å²) in [5, 5.41) is 36.4. The van der Waals surface area contributed by atoms with E-state index in [0.717, 1.165) is 5.56 Å². The third-order valence-corrected chi connectivity index (χ3v) is 3.04. The summed E-state index contributed by atoms with van der Waals surface area (Å²) in [5.74, 6) is 0.588. The quantitative estimate of drug-likeness (QED) is 0.528. The Morgan fingerprint density at radius 3 is 1.46 bits per heavy atom. The second-order valence-corrected chi connectivity index (χ2v) is 5.04. The van der Waals surface area contributed by atoms with Crippen LogP contribution in [0.15, 0.2) is 72.8 Å². The van der Waals surface area contributed by atoms with Crippen molar-refractivity contribution >= 4 is 12.2 Å². The molecule has 0 spiro atoms. The number of hydrogen-bond donors (Lipinski definition) is 4. The summed E-state index contributed by atoms with van der Waals surface area (Å²) in [4.78, 5) is 0. The second kappa shape index (κ2) is 8.29. The van der Waals surface area contributed by atoms with E-state index in [1.165, 1.54) is 6.07 Å². The molecule has 122 valence electrons. The molecule has 3 aromatic carbocycles. The maximum Gasteiger partial charge on any atom is 0.119 e. The molecule has 0 aliphatic heterocycles. The normalized spacial score (nSPS) is 10.2. The fraction of sp³-hybridized carbons (Fsp3) is 0. The van der Waals surface area contributed by atoms with Gasteiger partial charge in [0.25, 0.3) is 0 Å². The molecule has 0 saturated carbocycles. The SMILES string of the molecule is Oc1ccc(C=Cc2cc(O)cc(O)c2)cc1.Oc1ccccc1. The highest BCUT2D eigenvalue weighted by molar-refractivity contribution is 5.71. The van der Waals surface area contributed by atoms with Gasteiger partial charge in [0.2, 0.25) is 0 Å². The first-order chi connectivity index (χ1) is 11.5. The van der Waals surface area contributed by atoms with Crippen molar-refractivity contribution in [1.82, 2.24) is 0 Å². The number of para-hydroxylation sites is 1. The molecule has 3 aromatic rings. The molecule has 3 rings (SSSR count). The molecule has 0 unspecified atom stereocenters. The van der Waals surface area contributed by atoms with Crippen molar-refractivity contribution in [2.45, 2.75) is 0 Å². The Hall–Kier alpha value is -3.40. The molecule has 0 aromatic heterocycles. The third kappa shape index (κ3) is 5.77. The number of phenols is 4. The molecule has 0 heterocycles. The smallest absolute Gasteiger partial charge is 0.119 e. The van der Waals surface area contributed by atoms with Crippen LogP contribution in [0.3, 0.4) is 0 Å². The van der Waals surface area contributed by atoms with Crippen molar-refractivity contribution in [3.05, 3.63) is 83.9 Å². The Morgan fingerprint density at radius 2 is 0.958 bits per heavy atom. The highest BCUT2D eigenvalue weighted by atomic mass is 16.3. The molecule has 4 heteroatoms. The van der Waals surface area contributed by atoms with Gasteiger partial charge in [-0.25, -0.2) is 0 Å². The van der Waals surface area contributed by atoms with Gasteiger partial charge in [-0.05, 0) is 47.5 Å². The summed E-state index contributed by atoms with van der Waals surface area (Å²) in [6.07, 6.45) is 3.60. The summed E-state index contributed by atoms with van der Waals surface area (Å²) in [6.45, 7) is 0. The molecule has 4 N–H and O–H groups in total. The minimum atomic E-state index is 0.0235. The van der Waals surface area contributed by atoms with Gasteiger partial charge in [-0.2, -0.15) is 0 Å². The first-order valence-electron chi connectivity index (χ1n) is 7.27. The van der Waals surface area contributed by atoms with Crippen LogP contribution in [-0.4, -0.2) is 20.4 Å². The van der Waals surface area contributed by atoms with Gasteiger partial charge in [0.15, 0.2) is 0 Å². The van der Waals surface area contributed by atoms with Crippen LogP contribution in [0.4, 0.5) is 0 Å². The number of aromatic hydroxyl groups is 4. The molecule has 0 atom stereocenters.